The van der Waals surface area contributed by atoms with Crippen LogP contribution >= 0.6 is 0 Å². The Morgan fingerprint density at radius 2 is 2.00 bits per heavy atom. The molecule has 0 saturated heterocycles. The molecule has 1 atom stereocenters. The number of nitrogens with two attached hydrogens (primary N) is 1. The molecule has 5 nitrogen and oxygen atoms in total. The van der Waals surface area contributed by atoms with E-state index in [4.69, 9.17) is 5.73 Å². The zero-order chi connectivity index (χ0) is 13.2. The maximum atomic E-state index is 11.3. The van der Waals surface area contributed by atoms with Crippen LogP contribution in [0.2, 0.25) is 0 Å². The zero-order valence-corrected chi connectivity index (χ0v) is 10.8. The van der Waals surface area contributed by atoms with Crippen molar-refractivity contribution >= 4 is 9.84 Å². The third-order valence-corrected chi connectivity index (χ3v) is 3.72. The Balaban J connectivity index is 2.13. The molecule has 2 N–H and O–H groups in total. The summed E-state index contributed by atoms with van der Waals surface area (Å²) in [5, 5.41) is 4.01. The monoisotopic (exact) mass is 265 g/mol. The molecule has 0 saturated carbocycles. The molecular formula is C12H15N3O2S. The summed E-state index contributed by atoms with van der Waals surface area (Å²) in [5.74, 6) is 0. The summed E-state index contributed by atoms with van der Waals surface area (Å²) in [7, 11) is -3.21. The highest BCUT2D eigenvalue weighted by atomic mass is 32.2. The lowest BCUT2D eigenvalue weighted by molar-refractivity contribution is 0.526. The Hall–Kier alpha value is -1.66. The molecule has 0 aliphatic carbocycles. The summed E-state index contributed by atoms with van der Waals surface area (Å²) in [6.45, 7) is 0.444. The predicted octanol–water partition coefficient (Wildman–Crippen LogP) is 0.987. The Morgan fingerprint density at radius 3 is 2.56 bits per heavy atom. The summed E-state index contributed by atoms with van der Waals surface area (Å²) in [6.07, 6.45) is 4.00. The second kappa shape index (κ2) is 4.91. The van der Waals surface area contributed by atoms with Crippen LogP contribution in [0.25, 0.3) is 0 Å². The van der Waals surface area contributed by atoms with Crippen LogP contribution in [0, 0.1) is 0 Å². The van der Waals surface area contributed by atoms with Crippen LogP contribution < -0.4 is 5.73 Å². The van der Waals surface area contributed by atoms with Gasteiger partial charge in [-0.1, -0.05) is 30.3 Å². The van der Waals surface area contributed by atoms with Gasteiger partial charge in [0.2, 0.25) is 0 Å². The second-order valence-electron chi connectivity index (χ2n) is 4.19. The van der Waals surface area contributed by atoms with Gasteiger partial charge < -0.3 is 5.73 Å². The van der Waals surface area contributed by atoms with E-state index in [2.05, 4.69) is 5.10 Å². The summed E-state index contributed by atoms with van der Waals surface area (Å²) in [4.78, 5) is 0.211. The summed E-state index contributed by atoms with van der Waals surface area (Å²) in [6, 6.07) is 9.42. The average Bonchev–Trinajstić information content (AvgIpc) is 2.78. The smallest absolute Gasteiger partial charge is 0.178 e. The molecule has 6 heteroatoms. The first kappa shape index (κ1) is 12.8. The SMILES string of the molecule is CS(=O)(=O)c1cnn(CC(N)c2ccccc2)c1. The Morgan fingerprint density at radius 1 is 1.33 bits per heavy atom. The molecule has 0 radical (unpaired) electrons. The highest BCUT2D eigenvalue weighted by Gasteiger charge is 2.12. The fourth-order valence-electron chi connectivity index (χ4n) is 1.64. The van der Waals surface area contributed by atoms with Crippen molar-refractivity contribution in [3.05, 3.63) is 48.3 Å². The summed E-state index contributed by atoms with van der Waals surface area (Å²) in [5.41, 5.74) is 7.03. The van der Waals surface area contributed by atoms with Gasteiger partial charge in [-0.2, -0.15) is 5.10 Å². The number of hydrogen-bond acceptors (Lipinski definition) is 4. The van der Waals surface area contributed by atoms with Crippen LogP contribution in [-0.4, -0.2) is 24.5 Å². The number of nitrogens with zero attached hydrogens (tertiary/aromatic N) is 2. The van der Waals surface area contributed by atoms with Gasteiger partial charge in [-0.25, -0.2) is 8.42 Å². The van der Waals surface area contributed by atoms with Gasteiger partial charge in [-0.05, 0) is 5.56 Å². The van der Waals surface area contributed by atoms with Gasteiger partial charge in [0.1, 0.15) is 4.90 Å². The van der Waals surface area contributed by atoms with Crippen LogP contribution in [0.5, 0.6) is 0 Å². The minimum atomic E-state index is -3.21. The minimum Gasteiger partial charge on any atom is -0.322 e. The molecule has 0 aliphatic heterocycles. The lowest BCUT2D eigenvalue weighted by Gasteiger charge is -2.11. The highest BCUT2D eigenvalue weighted by Crippen LogP contribution is 2.13. The van der Waals surface area contributed by atoms with Gasteiger partial charge in [0.05, 0.1) is 12.7 Å². The molecule has 1 aromatic carbocycles. The molecule has 1 aromatic heterocycles. The van der Waals surface area contributed by atoms with E-state index < -0.39 is 9.84 Å². The minimum absolute atomic E-state index is 0.210. The molecule has 0 fully saturated rings. The van der Waals surface area contributed by atoms with E-state index in [9.17, 15) is 8.42 Å². The predicted molar refractivity (Wildman–Crippen MR) is 68.7 cm³/mol. The molecule has 2 rings (SSSR count). The third kappa shape index (κ3) is 2.96. The highest BCUT2D eigenvalue weighted by molar-refractivity contribution is 7.90. The molecule has 0 bridgehead atoms. The number of rotatable bonds is 4. The van der Waals surface area contributed by atoms with Gasteiger partial charge in [-0.15, -0.1) is 0 Å². The number of hydrogen-bond donors (Lipinski definition) is 1. The quantitative estimate of drug-likeness (QED) is 0.894. The van der Waals surface area contributed by atoms with E-state index in [1.165, 1.54) is 12.4 Å². The van der Waals surface area contributed by atoms with Crippen LogP contribution in [0.1, 0.15) is 11.6 Å². The van der Waals surface area contributed by atoms with E-state index in [-0.39, 0.29) is 10.9 Å². The van der Waals surface area contributed by atoms with Crippen LogP contribution in [0.3, 0.4) is 0 Å². The summed E-state index contributed by atoms with van der Waals surface area (Å²) >= 11 is 0. The van der Waals surface area contributed by atoms with Crippen molar-refractivity contribution in [2.75, 3.05) is 6.26 Å². The van der Waals surface area contributed by atoms with Crippen molar-refractivity contribution in [1.82, 2.24) is 9.78 Å². The Bertz CT molecular complexity index is 620. The normalized spacial score (nSPS) is 13.4. The van der Waals surface area contributed by atoms with Gasteiger partial charge >= 0.3 is 0 Å². The van der Waals surface area contributed by atoms with Crippen LogP contribution in [-0.2, 0) is 16.4 Å². The zero-order valence-electron chi connectivity index (χ0n) is 10.0. The molecule has 1 unspecified atom stereocenters. The number of sulfone groups is 1. The second-order valence-corrected chi connectivity index (χ2v) is 6.20. The van der Waals surface area contributed by atoms with Gasteiger partial charge in [-0.3, -0.25) is 4.68 Å². The topological polar surface area (TPSA) is 78.0 Å². The van der Waals surface area contributed by atoms with E-state index in [0.29, 0.717) is 6.54 Å². The first-order chi connectivity index (χ1) is 8.47. The first-order valence-electron chi connectivity index (χ1n) is 5.50. The van der Waals surface area contributed by atoms with Crippen molar-refractivity contribution in [3.8, 4) is 0 Å². The lowest BCUT2D eigenvalue weighted by atomic mass is 10.1. The fraction of sp³-hybridized carbons (Fsp3) is 0.250. The van der Waals surface area contributed by atoms with E-state index in [1.54, 1.807) is 4.68 Å². The lowest BCUT2D eigenvalue weighted by Crippen LogP contribution is -2.17. The molecule has 0 aliphatic rings. The standard InChI is InChI=1S/C12H15N3O2S/c1-18(16,17)11-7-14-15(8-11)9-12(13)10-5-3-2-4-6-10/h2-8,12H,9,13H2,1H3. The molecular weight excluding hydrogens is 250 g/mol. The van der Waals surface area contributed by atoms with E-state index in [1.807, 2.05) is 30.3 Å². The average molecular weight is 265 g/mol. The van der Waals surface area contributed by atoms with Crippen LogP contribution in [0.4, 0.5) is 0 Å². The Kier molecular flexibility index (Phi) is 3.49. The maximum absolute atomic E-state index is 11.3. The molecule has 2 aromatic rings. The molecule has 18 heavy (non-hydrogen) atoms. The van der Waals surface area contributed by atoms with Crippen molar-refractivity contribution in [1.29, 1.82) is 0 Å². The fourth-order valence-corrected chi connectivity index (χ4v) is 2.19. The first-order valence-corrected chi connectivity index (χ1v) is 7.39. The van der Waals surface area contributed by atoms with Crippen molar-refractivity contribution in [2.24, 2.45) is 5.73 Å². The largest absolute Gasteiger partial charge is 0.322 e. The van der Waals surface area contributed by atoms with Crippen LogP contribution in [0.15, 0.2) is 47.6 Å². The van der Waals surface area contributed by atoms with Gasteiger partial charge in [0.15, 0.2) is 9.84 Å². The molecule has 0 amide bonds. The van der Waals surface area contributed by atoms with Crippen molar-refractivity contribution < 1.29 is 8.42 Å². The van der Waals surface area contributed by atoms with E-state index in [0.717, 1.165) is 11.8 Å². The number of benzene rings is 1. The van der Waals surface area contributed by atoms with E-state index >= 15 is 0 Å². The Labute approximate surface area is 106 Å². The third-order valence-electron chi connectivity index (χ3n) is 2.65. The van der Waals surface area contributed by atoms with Gasteiger partial charge in [0, 0.05) is 18.5 Å². The maximum Gasteiger partial charge on any atom is 0.178 e. The molecule has 0 spiro atoms. The number of aromatic nitrogens is 2. The van der Waals surface area contributed by atoms with Gasteiger partial charge in [0.25, 0.3) is 0 Å². The van der Waals surface area contributed by atoms with Crippen molar-refractivity contribution in [2.45, 2.75) is 17.5 Å². The molecule has 1 heterocycles. The summed E-state index contributed by atoms with van der Waals surface area (Å²) < 4.78 is 24.2. The molecule has 96 valence electrons. The van der Waals surface area contributed by atoms with Crippen molar-refractivity contribution in [3.63, 3.8) is 0 Å².